The molecule has 22 heavy (non-hydrogen) atoms. The van der Waals surface area contributed by atoms with E-state index in [1.807, 2.05) is 44.2 Å². The molecule has 1 heterocycles. The quantitative estimate of drug-likeness (QED) is 0.597. The summed E-state index contributed by atoms with van der Waals surface area (Å²) in [5.41, 5.74) is 2.68. The molecule has 116 valence electrons. The zero-order chi connectivity index (χ0) is 16.3. The second-order valence-corrected chi connectivity index (χ2v) is 5.95. The Hall–Kier alpha value is -2.36. The number of carbonyl (C=O) groups excluding carboxylic acids is 2. The van der Waals surface area contributed by atoms with Gasteiger partial charge in [0.2, 0.25) is 0 Å². The van der Waals surface area contributed by atoms with Crippen LogP contribution in [0.4, 0.5) is 4.79 Å². The van der Waals surface area contributed by atoms with E-state index in [-0.39, 0.29) is 11.9 Å². The second-order valence-electron chi connectivity index (χ2n) is 5.95. The Balaban J connectivity index is 2.24. The van der Waals surface area contributed by atoms with Gasteiger partial charge in [-0.2, -0.15) is 0 Å². The molecule has 4 heteroatoms. The Morgan fingerprint density at radius 2 is 1.73 bits per heavy atom. The van der Waals surface area contributed by atoms with Gasteiger partial charge in [0.05, 0.1) is 6.54 Å². The van der Waals surface area contributed by atoms with Crippen LogP contribution in [0.2, 0.25) is 0 Å². The third-order valence-corrected chi connectivity index (χ3v) is 3.57. The zero-order valence-corrected chi connectivity index (χ0v) is 13.2. The van der Waals surface area contributed by atoms with Crippen LogP contribution >= 0.6 is 0 Å². The first-order valence-corrected chi connectivity index (χ1v) is 7.35. The van der Waals surface area contributed by atoms with E-state index in [1.165, 1.54) is 4.90 Å². The maximum Gasteiger partial charge on any atom is 0.328 e. The van der Waals surface area contributed by atoms with Crippen molar-refractivity contribution in [1.82, 2.24) is 9.80 Å². The first-order chi connectivity index (χ1) is 10.4. The summed E-state index contributed by atoms with van der Waals surface area (Å²) in [6.07, 6.45) is 0.489. The third-order valence-electron chi connectivity index (χ3n) is 3.57. The summed E-state index contributed by atoms with van der Waals surface area (Å²) < 4.78 is 0. The standard InChI is InChI=1S/C18H22N2O2/c1-13(2)10-16-17(21)20(12-15-8-6-5-7-9-15)18(22)19(16)11-14(3)4/h5-9,16H,1,3,10-12H2,2,4H3. The minimum absolute atomic E-state index is 0.155. The minimum atomic E-state index is -0.467. The SMILES string of the molecule is C=C(C)CC1C(=O)N(Cc2ccccc2)C(=O)N1CC(=C)C. The fourth-order valence-corrected chi connectivity index (χ4v) is 2.60. The molecule has 1 aromatic carbocycles. The van der Waals surface area contributed by atoms with Crippen molar-refractivity contribution in [2.24, 2.45) is 0 Å². The molecule has 4 nitrogen and oxygen atoms in total. The van der Waals surface area contributed by atoms with Gasteiger partial charge in [-0.3, -0.25) is 9.69 Å². The predicted octanol–water partition coefficient (Wildman–Crippen LogP) is 3.36. The van der Waals surface area contributed by atoms with Gasteiger partial charge in [-0.05, 0) is 25.8 Å². The highest BCUT2D eigenvalue weighted by molar-refractivity contribution is 6.04. The van der Waals surface area contributed by atoms with Gasteiger partial charge < -0.3 is 4.90 Å². The van der Waals surface area contributed by atoms with E-state index in [1.54, 1.807) is 4.90 Å². The lowest BCUT2D eigenvalue weighted by molar-refractivity contribution is -0.128. The van der Waals surface area contributed by atoms with Crippen molar-refractivity contribution in [2.75, 3.05) is 6.54 Å². The molecule has 1 unspecified atom stereocenters. The molecule has 3 amide bonds. The van der Waals surface area contributed by atoms with Gasteiger partial charge in [0.15, 0.2) is 0 Å². The fourth-order valence-electron chi connectivity index (χ4n) is 2.60. The average Bonchev–Trinajstić information content (AvgIpc) is 2.65. The Bertz CT molecular complexity index is 573. The van der Waals surface area contributed by atoms with Crippen molar-refractivity contribution in [2.45, 2.75) is 32.9 Å². The number of nitrogens with zero attached hydrogens (tertiary/aromatic N) is 2. The van der Waals surface area contributed by atoms with E-state index >= 15 is 0 Å². The van der Waals surface area contributed by atoms with Crippen LogP contribution in [0.3, 0.4) is 0 Å². The molecule has 0 bridgehead atoms. The van der Waals surface area contributed by atoms with Crippen LogP contribution in [0.15, 0.2) is 54.6 Å². The van der Waals surface area contributed by atoms with Gasteiger partial charge in [-0.25, -0.2) is 4.79 Å². The molecule has 0 saturated carbocycles. The highest BCUT2D eigenvalue weighted by atomic mass is 16.2. The number of hydrogen-bond donors (Lipinski definition) is 0. The summed E-state index contributed by atoms with van der Waals surface area (Å²) in [6, 6.07) is 8.82. The number of amides is 3. The molecule has 0 N–H and O–H groups in total. The highest BCUT2D eigenvalue weighted by Crippen LogP contribution is 2.25. The van der Waals surface area contributed by atoms with Gasteiger partial charge >= 0.3 is 6.03 Å². The summed E-state index contributed by atoms with van der Waals surface area (Å²) in [5.74, 6) is -0.155. The smallest absolute Gasteiger partial charge is 0.308 e. The molecule has 2 rings (SSSR count). The lowest BCUT2D eigenvalue weighted by Gasteiger charge is -2.21. The van der Waals surface area contributed by atoms with Crippen molar-refractivity contribution >= 4 is 11.9 Å². The topological polar surface area (TPSA) is 40.6 Å². The van der Waals surface area contributed by atoms with Crippen LogP contribution in [0, 0.1) is 0 Å². The average molecular weight is 298 g/mol. The zero-order valence-electron chi connectivity index (χ0n) is 13.2. The number of carbonyl (C=O) groups is 2. The molecule has 1 atom stereocenters. The highest BCUT2D eigenvalue weighted by Gasteiger charge is 2.44. The molecule has 1 aliphatic rings. The van der Waals surface area contributed by atoms with E-state index in [4.69, 9.17) is 0 Å². The summed E-state index contributed by atoms with van der Waals surface area (Å²) in [5, 5.41) is 0. The third kappa shape index (κ3) is 3.45. The second kappa shape index (κ2) is 6.60. The van der Waals surface area contributed by atoms with E-state index in [0.717, 1.165) is 16.7 Å². The molecule has 1 aliphatic heterocycles. The monoisotopic (exact) mass is 298 g/mol. The first-order valence-electron chi connectivity index (χ1n) is 7.35. The minimum Gasteiger partial charge on any atom is -0.308 e. The number of imide groups is 1. The van der Waals surface area contributed by atoms with E-state index in [0.29, 0.717) is 19.5 Å². The van der Waals surface area contributed by atoms with E-state index in [2.05, 4.69) is 13.2 Å². The molecule has 1 saturated heterocycles. The molecular weight excluding hydrogens is 276 g/mol. The lowest BCUT2D eigenvalue weighted by Crippen LogP contribution is -2.36. The largest absolute Gasteiger partial charge is 0.328 e. The van der Waals surface area contributed by atoms with Crippen molar-refractivity contribution in [3.8, 4) is 0 Å². The maximum atomic E-state index is 12.6. The number of hydrogen-bond acceptors (Lipinski definition) is 2. The van der Waals surface area contributed by atoms with Crippen LogP contribution in [0.5, 0.6) is 0 Å². The van der Waals surface area contributed by atoms with Crippen LogP contribution in [-0.4, -0.2) is 34.3 Å². The van der Waals surface area contributed by atoms with Crippen LogP contribution < -0.4 is 0 Å². The number of urea groups is 1. The Morgan fingerprint density at radius 3 is 2.27 bits per heavy atom. The van der Waals surface area contributed by atoms with Crippen molar-refractivity contribution in [3.63, 3.8) is 0 Å². The molecule has 0 radical (unpaired) electrons. The fraction of sp³-hybridized carbons (Fsp3) is 0.333. The molecule has 0 spiro atoms. The maximum absolute atomic E-state index is 12.6. The molecule has 0 aliphatic carbocycles. The normalized spacial score (nSPS) is 18.0. The molecule has 0 aromatic heterocycles. The summed E-state index contributed by atoms with van der Waals surface area (Å²) in [6.45, 7) is 12.2. The van der Waals surface area contributed by atoms with Crippen LogP contribution in [0.25, 0.3) is 0 Å². The van der Waals surface area contributed by atoms with Gasteiger partial charge in [0, 0.05) is 6.54 Å². The molecule has 1 aromatic rings. The van der Waals surface area contributed by atoms with Gasteiger partial charge in [0.1, 0.15) is 6.04 Å². The Morgan fingerprint density at radius 1 is 1.09 bits per heavy atom. The van der Waals surface area contributed by atoms with Crippen molar-refractivity contribution < 1.29 is 9.59 Å². The van der Waals surface area contributed by atoms with E-state index in [9.17, 15) is 9.59 Å². The molecule has 1 fully saturated rings. The summed E-state index contributed by atoms with van der Waals surface area (Å²) in [7, 11) is 0. The Kier molecular flexibility index (Phi) is 4.81. The van der Waals surface area contributed by atoms with Gasteiger partial charge in [-0.1, -0.05) is 48.1 Å². The van der Waals surface area contributed by atoms with Gasteiger partial charge in [-0.15, -0.1) is 6.58 Å². The van der Waals surface area contributed by atoms with Crippen molar-refractivity contribution in [1.29, 1.82) is 0 Å². The van der Waals surface area contributed by atoms with Crippen molar-refractivity contribution in [3.05, 3.63) is 60.2 Å². The lowest BCUT2D eigenvalue weighted by atomic mass is 10.1. The van der Waals surface area contributed by atoms with E-state index < -0.39 is 6.04 Å². The Labute approximate surface area is 131 Å². The summed E-state index contributed by atoms with van der Waals surface area (Å²) >= 11 is 0. The van der Waals surface area contributed by atoms with Crippen LogP contribution in [0.1, 0.15) is 25.8 Å². The molecular formula is C18H22N2O2. The summed E-state index contributed by atoms with van der Waals surface area (Å²) in [4.78, 5) is 28.2. The predicted molar refractivity (Wildman–Crippen MR) is 87.1 cm³/mol. The number of rotatable bonds is 6. The van der Waals surface area contributed by atoms with Gasteiger partial charge in [0.25, 0.3) is 5.91 Å². The van der Waals surface area contributed by atoms with Crippen LogP contribution in [-0.2, 0) is 11.3 Å². The number of benzene rings is 1. The first kappa shape index (κ1) is 16.0.